The van der Waals surface area contributed by atoms with Gasteiger partial charge in [0, 0.05) is 37.5 Å². The lowest BCUT2D eigenvalue weighted by Crippen LogP contribution is -1.86. The first-order valence-electron chi connectivity index (χ1n) is 14.1. The highest BCUT2D eigenvalue weighted by atomic mass is 32.1. The van der Waals surface area contributed by atoms with Crippen LogP contribution in [-0.4, -0.2) is 4.98 Å². The number of thiophene rings is 2. The fourth-order valence-corrected chi connectivity index (χ4v) is 8.76. The van der Waals surface area contributed by atoms with E-state index in [0.717, 1.165) is 16.8 Å². The summed E-state index contributed by atoms with van der Waals surface area (Å²) in [6.45, 7) is 0. The van der Waals surface area contributed by atoms with Crippen LogP contribution in [0.2, 0.25) is 0 Å². The summed E-state index contributed by atoms with van der Waals surface area (Å²) in [4.78, 5) is 4.86. The second-order valence-corrected chi connectivity index (χ2v) is 12.9. The van der Waals surface area contributed by atoms with Gasteiger partial charge in [0.25, 0.3) is 0 Å². The van der Waals surface area contributed by atoms with Crippen molar-refractivity contribution < 1.29 is 0 Å². The Morgan fingerprint density at radius 1 is 0.381 bits per heavy atom. The van der Waals surface area contributed by atoms with Crippen molar-refractivity contribution in [2.75, 3.05) is 0 Å². The summed E-state index contributed by atoms with van der Waals surface area (Å²) in [5.74, 6) is 0. The Morgan fingerprint density at radius 2 is 0.905 bits per heavy atom. The van der Waals surface area contributed by atoms with Gasteiger partial charge in [-0.3, -0.25) is 4.98 Å². The van der Waals surface area contributed by atoms with Crippen LogP contribution in [0.15, 0.2) is 140 Å². The normalized spacial score (nSPS) is 11.8. The second kappa shape index (κ2) is 9.35. The first-order chi connectivity index (χ1) is 20.8. The molecule has 0 aliphatic rings. The fourth-order valence-electron chi connectivity index (χ4n) is 6.07. The van der Waals surface area contributed by atoms with Crippen molar-refractivity contribution in [1.29, 1.82) is 0 Å². The van der Waals surface area contributed by atoms with E-state index >= 15 is 0 Å². The maximum Gasteiger partial charge on any atom is 0.0702 e. The number of benzene rings is 6. The molecule has 0 spiro atoms. The molecular weight excluding hydrogens is 547 g/mol. The van der Waals surface area contributed by atoms with E-state index in [2.05, 4.69) is 133 Å². The van der Waals surface area contributed by atoms with E-state index in [1.54, 1.807) is 0 Å². The predicted octanol–water partition coefficient (Wildman–Crippen LogP) is 12.0. The summed E-state index contributed by atoms with van der Waals surface area (Å²) in [5.41, 5.74) is 6.89. The Kier molecular flexibility index (Phi) is 5.31. The summed E-state index contributed by atoms with van der Waals surface area (Å²) in [6.07, 6.45) is 1.99. The zero-order valence-electron chi connectivity index (χ0n) is 22.5. The monoisotopic (exact) mass is 569 g/mol. The summed E-state index contributed by atoms with van der Waals surface area (Å²) >= 11 is 3.84. The minimum absolute atomic E-state index is 0.992. The SMILES string of the molecule is c1ccc(-c2ccc(-c3ccc(-c4ccc5cc6c(cc5c4)sc4c5cc7ccccc7cc5sc64)nc3)cc2)cc1. The van der Waals surface area contributed by atoms with Gasteiger partial charge in [-0.05, 0) is 74.6 Å². The molecule has 0 atom stereocenters. The largest absolute Gasteiger partial charge is 0.256 e. The summed E-state index contributed by atoms with van der Waals surface area (Å²) < 4.78 is 5.52. The minimum atomic E-state index is 0.992. The van der Waals surface area contributed by atoms with Crippen LogP contribution in [0.3, 0.4) is 0 Å². The molecule has 9 rings (SSSR count). The van der Waals surface area contributed by atoms with Crippen molar-refractivity contribution in [3.05, 3.63) is 140 Å². The van der Waals surface area contributed by atoms with E-state index in [0.29, 0.717) is 0 Å². The van der Waals surface area contributed by atoms with Crippen LogP contribution < -0.4 is 0 Å². The number of nitrogens with zero attached hydrogens (tertiary/aromatic N) is 1. The molecule has 0 bridgehead atoms. The van der Waals surface area contributed by atoms with Gasteiger partial charge in [-0.2, -0.15) is 0 Å². The number of aromatic nitrogens is 1. The van der Waals surface area contributed by atoms with E-state index in [1.807, 2.05) is 28.9 Å². The van der Waals surface area contributed by atoms with E-state index in [-0.39, 0.29) is 0 Å². The summed E-state index contributed by atoms with van der Waals surface area (Å²) in [6, 6.07) is 48.4. The molecule has 0 aliphatic carbocycles. The van der Waals surface area contributed by atoms with Crippen molar-refractivity contribution in [1.82, 2.24) is 4.98 Å². The van der Waals surface area contributed by atoms with E-state index in [9.17, 15) is 0 Å². The lowest BCUT2D eigenvalue weighted by molar-refractivity contribution is 1.33. The van der Waals surface area contributed by atoms with Crippen molar-refractivity contribution >= 4 is 73.8 Å². The number of fused-ring (bicyclic) bond motifs is 7. The Balaban J connectivity index is 1.06. The van der Waals surface area contributed by atoms with Gasteiger partial charge in [0.05, 0.1) is 15.1 Å². The summed E-state index contributed by atoms with van der Waals surface area (Å²) in [5, 5.41) is 7.87. The Labute approximate surface area is 251 Å². The number of hydrogen-bond acceptors (Lipinski definition) is 3. The molecule has 0 N–H and O–H groups in total. The van der Waals surface area contributed by atoms with Crippen molar-refractivity contribution in [3.8, 4) is 33.5 Å². The fraction of sp³-hybridized carbons (Fsp3) is 0. The zero-order valence-corrected chi connectivity index (χ0v) is 24.2. The third kappa shape index (κ3) is 3.86. The molecular formula is C39H23NS2. The lowest BCUT2D eigenvalue weighted by atomic mass is 10.00. The predicted molar refractivity (Wildman–Crippen MR) is 184 cm³/mol. The maximum atomic E-state index is 4.86. The van der Waals surface area contributed by atoms with Crippen LogP contribution in [0, 0.1) is 0 Å². The van der Waals surface area contributed by atoms with Crippen molar-refractivity contribution in [2.45, 2.75) is 0 Å². The molecule has 3 aromatic heterocycles. The number of pyridine rings is 1. The Hall–Kier alpha value is -4.83. The van der Waals surface area contributed by atoms with Gasteiger partial charge >= 0.3 is 0 Å². The highest BCUT2D eigenvalue weighted by Gasteiger charge is 2.14. The first-order valence-corrected chi connectivity index (χ1v) is 15.7. The van der Waals surface area contributed by atoms with Gasteiger partial charge in [0.15, 0.2) is 0 Å². The van der Waals surface area contributed by atoms with Gasteiger partial charge in [-0.15, -0.1) is 22.7 Å². The molecule has 196 valence electrons. The van der Waals surface area contributed by atoms with Gasteiger partial charge < -0.3 is 0 Å². The molecule has 0 radical (unpaired) electrons. The summed E-state index contributed by atoms with van der Waals surface area (Å²) in [7, 11) is 0. The molecule has 0 unspecified atom stereocenters. The minimum Gasteiger partial charge on any atom is -0.256 e. The molecule has 0 amide bonds. The quantitative estimate of drug-likeness (QED) is 0.206. The Bertz CT molecular complexity index is 2430. The van der Waals surface area contributed by atoms with Crippen LogP contribution in [0.4, 0.5) is 0 Å². The highest BCUT2D eigenvalue weighted by Crippen LogP contribution is 2.46. The van der Waals surface area contributed by atoms with Gasteiger partial charge in [-0.25, -0.2) is 0 Å². The van der Waals surface area contributed by atoms with Crippen LogP contribution in [-0.2, 0) is 0 Å². The zero-order chi connectivity index (χ0) is 27.6. The average molecular weight is 570 g/mol. The third-order valence-corrected chi connectivity index (χ3v) is 10.8. The van der Waals surface area contributed by atoms with E-state index in [1.165, 1.54) is 67.8 Å². The van der Waals surface area contributed by atoms with Crippen LogP contribution in [0.1, 0.15) is 0 Å². The molecule has 9 aromatic rings. The molecule has 6 aromatic carbocycles. The van der Waals surface area contributed by atoms with Gasteiger partial charge in [0.2, 0.25) is 0 Å². The molecule has 0 fully saturated rings. The number of hydrogen-bond donors (Lipinski definition) is 0. The van der Waals surface area contributed by atoms with Crippen molar-refractivity contribution in [3.63, 3.8) is 0 Å². The molecule has 42 heavy (non-hydrogen) atoms. The number of rotatable bonds is 3. The molecule has 0 aliphatic heterocycles. The third-order valence-electron chi connectivity index (χ3n) is 8.29. The maximum absolute atomic E-state index is 4.86. The Morgan fingerprint density at radius 3 is 1.57 bits per heavy atom. The molecule has 1 nitrogen and oxygen atoms in total. The smallest absolute Gasteiger partial charge is 0.0702 e. The van der Waals surface area contributed by atoms with Crippen LogP contribution >= 0.6 is 22.7 Å². The van der Waals surface area contributed by atoms with Crippen molar-refractivity contribution in [2.24, 2.45) is 0 Å². The average Bonchev–Trinajstić information content (AvgIpc) is 3.58. The first kappa shape index (κ1) is 23.8. The van der Waals surface area contributed by atoms with Crippen LogP contribution in [0.5, 0.6) is 0 Å². The highest BCUT2D eigenvalue weighted by molar-refractivity contribution is 7.36. The van der Waals surface area contributed by atoms with E-state index in [4.69, 9.17) is 4.98 Å². The lowest BCUT2D eigenvalue weighted by Gasteiger charge is -2.07. The van der Waals surface area contributed by atoms with Crippen LogP contribution in [0.25, 0.3) is 84.6 Å². The molecule has 0 saturated heterocycles. The van der Waals surface area contributed by atoms with E-state index < -0.39 is 0 Å². The van der Waals surface area contributed by atoms with Gasteiger partial charge in [-0.1, -0.05) is 97.1 Å². The molecule has 3 heteroatoms. The molecule has 0 saturated carbocycles. The second-order valence-electron chi connectivity index (χ2n) is 10.8. The molecule has 3 heterocycles. The van der Waals surface area contributed by atoms with Gasteiger partial charge in [0.1, 0.15) is 0 Å². The topological polar surface area (TPSA) is 12.9 Å². The standard InChI is InChI=1S/C39H23NS2/c1-2-6-24(7-3-1)25-10-12-26(13-11-25)31-16-17-35(40-23-31)30-15-14-29-20-34-37(22-32(29)18-30)42-38-33-19-27-8-4-5-9-28(27)21-36(33)41-39(34)38/h1-23H.